The number of ketones is 1. The molecule has 5 heteroatoms. The molecule has 17 heavy (non-hydrogen) atoms. The second-order valence-electron chi connectivity index (χ2n) is 3.70. The number of rotatable bonds is 3. The fourth-order valence-electron chi connectivity index (χ4n) is 1.77. The van der Waals surface area contributed by atoms with Crippen molar-refractivity contribution in [2.75, 3.05) is 25.7 Å². The smallest absolute Gasteiger partial charge is 0.294 e. The lowest BCUT2D eigenvalue weighted by Gasteiger charge is -2.16. The van der Waals surface area contributed by atoms with E-state index in [-0.39, 0.29) is 12.2 Å². The minimum absolute atomic E-state index is 0.262. The van der Waals surface area contributed by atoms with Gasteiger partial charge in [-0.05, 0) is 0 Å². The molecule has 0 N–H and O–H groups in total. The average Bonchev–Trinajstić information content (AvgIpc) is 2.69. The van der Waals surface area contributed by atoms with Gasteiger partial charge in [-0.3, -0.25) is 9.59 Å². The third-order valence-corrected chi connectivity index (χ3v) is 2.69. The number of nitrogens with zero attached hydrogens (tertiary/aromatic N) is 1. The monoisotopic (exact) mass is 235 g/mol. The molecule has 0 atom stereocenters. The zero-order valence-electron chi connectivity index (χ0n) is 9.73. The van der Waals surface area contributed by atoms with E-state index in [0.29, 0.717) is 23.7 Å². The van der Waals surface area contributed by atoms with E-state index >= 15 is 0 Å². The lowest BCUT2D eigenvalue weighted by atomic mass is 10.2. The lowest BCUT2D eigenvalue weighted by molar-refractivity contribution is -0.133. The zero-order valence-corrected chi connectivity index (χ0v) is 9.73. The van der Waals surface area contributed by atoms with Gasteiger partial charge in [0.15, 0.2) is 0 Å². The van der Waals surface area contributed by atoms with Gasteiger partial charge in [-0.2, -0.15) is 0 Å². The Bertz CT molecular complexity index is 447. The number of hydrogen-bond acceptors (Lipinski definition) is 4. The van der Waals surface area contributed by atoms with Gasteiger partial charge in [-0.15, -0.1) is 0 Å². The second-order valence-corrected chi connectivity index (χ2v) is 3.70. The number of benzene rings is 1. The summed E-state index contributed by atoms with van der Waals surface area (Å²) in [6.07, 6.45) is 0.262. The Labute approximate surface area is 98.9 Å². The largest absolute Gasteiger partial charge is 0.497 e. The van der Waals surface area contributed by atoms with E-state index in [1.165, 1.54) is 19.1 Å². The molecule has 1 amide bonds. The first-order valence-electron chi connectivity index (χ1n) is 5.23. The van der Waals surface area contributed by atoms with E-state index in [2.05, 4.69) is 0 Å². The number of anilines is 1. The average molecular weight is 235 g/mol. The van der Waals surface area contributed by atoms with Crippen molar-refractivity contribution < 1.29 is 19.1 Å². The molecule has 1 aliphatic heterocycles. The van der Waals surface area contributed by atoms with Crippen LogP contribution in [0.3, 0.4) is 0 Å². The van der Waals surface area contributed by atoms with Crippen molar-refractivity contribution in [2.24, 2.45) is 0 Å². The fourth-order valence-corrected chi connectivity index (χ4v) is 1.77. The normalized spacial score (nSPS) is 15.3. The summed E-state index contributed by atoms with van der Waals surface area (Å²) in [5.74, 6) is 0.352. The summed E-state index contributed by atoms with van der Waals surface area (Å²) in [5.41, 5.74) is 0.622. The molecule has 1 saturated heterocycles. The minimum Gasteiger partial charge on any atom is -0.497 e. The van der Waals surface area contributed by atoms with Crippen molar-refractivity contribution in [1.82, 2.24) is 0 Å². The Morgan fingerprint density at radius 2 is 1.65 bits per heavy atom. The first kappa shape index (κ1) is 11.4. The van der Waals surface area contributed by atoms with Crippen LogP contribution in [0.25, 0.3) is 0 Å². The summed E-state index contributed by atoms with van der Waals surface area (Å²) in [7, 11) is 3.07. The van der Waals surface area contributed by atoms with Gasteiger partial charge in [0.05, 0.1) is 19.9 Å². The Morgan fingerprint density at radius 3 is 2.06 bits per heavy atom. The van der Waals surface area contributed by atoms with Gasteiger partial charge in [-0.1, -0.05) is 0 Å². The minimum atomic E-state index is -0.472. The maximum atomic E-state index is 11.6. The van der Waals surface area contributed by atoms with Crippen LogP contribution in [0.5, 0.6) is 11.5 Å². The Balaban J connectivity index is 2.38. The number of carbonyl (C=O) groups is 2. The van der Waals surface area contributed by atoms with Gasteiger partial charge >= 0.3 is 0 Å². The highest BCUT2D eigenvalue weighted by Gasteiger charge is 2.30. The van der Waals surface area contributed by atoms with Gasteiger partial charge in [0.2, 0.25) is 5.78 Å². The number of ether oxygens (including phenoxy) is 2. The molecule has 0 saturated carbocycles. The molecular weight excluding hydrogens is 222 g/mol. The van der Waals surface area contributed by atoms with Crippen LogP contribution in [0.1, 0.15) is 6.42 Å². The lowest BCUT2D eigenvalue weighted by Crippen LogP contribution is -2.26. The molecule has 0 radical (unpaired) electrons. The molecule has 2 rings (SSSR count). The van der Waals surface area contributed by atoms with Gasteiger partial charge < -0.3 is 14.4 Å². The number of amides is 1. The Kier molecular flexibility index (Phi) is 2.99. The van der Waals surface area contributed by atoms with Crippen LogP contribution in [0.4, 0.5) is 5.69 Å². The Hall–Kier alpha value is -2.04. The summed E-state index contributed by atoms with van der Waals surface area (Å²) in [4.78, 5) is 24.3. The molecule has 90 valence electrons. The van der Waals surface area contributed by atoms with Gasteiger partial charge in [0.25, 0.3) is 5.91 Å². The van der Waals surface area contributed by atoms with Crippen molar-refractivity contribution in [3.05, 3.63) is 18.2 Å². The molecule has 1 aliphatic rings. The van der Waals surface area contributed by atoms with Gasteiger partial charge in [-0.25, -0.2) is 0 Å². The molecule has 0 aromatic heterocycles. The van der Waals surface area contributed by atoms with Crippen LogP contribution < -0.4 is 14.4 Å². The van der Waals surface area contributed by atoms with Crippen molar-refractivity contribution in [1.29, 1.82) is 0 Å². The van der Waals surface area contributed by atoms with Crippen LogP contribution in [-0.2, 0) is 9.59 Å². The molecule has 1 fully saturated rings. The summed E-state index contributed by atoms with van der Waals surface area (Å²) in [6.45, 7) is 0.411. The summed E-state index contributed by atoms with van der Waals surface area (Å²) >= 11 is 0. The molecule has 0 unspecified atom stereocenters. The number of Topliss-reactive ketones (excluding diaryl/α,β-unsaturated/α-hetero) is 1. The van der Waals surface area contributed by atoms with Gasteiger partial charge in [0.1, 0.15) is 11.5 Å². The van der Waals surface area contributed by atoms with E-state index in [1.54, 1.807) is 18.2 Å². The molecule has 0 aliphatic carbocycles. The van der Waals surface area contributed by atoms with E-state index in [0.717, 1.165) is 0 Å². The van der Waals surface area contributed by atoms with Crippen molar-refractivity contribution in [3.8, 4) is 11.5 Å². The quantitative estimate of drug-likeness (QED) is 0.734. The molecule has 0 bridgehead atoms. The van der Waals surface area contributed by atoms with Crippen molar-refractivity contribution in [3.63, 3.8) is 0 Å². The summed E-state index contributed by atoms with van der Waals surface area (Å²) in [5, 5.41) is 0. The van der Waals surface area contributed by atoms with Crippen LogP contribution >= 0.6 is 0 Å². The van der Waals surface area contributed by atoms with E-state index in [9.17, 15) is 9.59 Å². The summed E-state index contributed by atoms with van der Waals surface area (Å²) < 4.78 is 10.2. The molecular formula is C12H13NO4. The number of methoxy groups -OCH3 is 2. The highest BCUT2D eigenvalue weighted by molar-refractivity contribution is 6.43. The topological polar surface area (TPSA) is 55.8 Å². The molecule has 1 heterocycles. The molecule has 1 aromatic carbocycles. The fraction of sp³-hybridized carbons (Fsp3) is 0.333. The Morgan fingerprint density at radius 1 is 1.06 bits per heavy atom. The predicted octanol–water partition coefficient (Wildman–Crippen LogP) is 1.01. The number of carbonyl (C=O) groups excluding carboxylic acids is 2. The molecule has 1 aromatic rings. The van der Waals surface area contributed by atoms with Crippen molar-refractivity contribution in [2.45, 2.75) is 6.42 Å². The van der Waals surface area contributed by atoms with Gasteiger partial charge in [0, 0.05) is 31.2 Å². The predicted molar refractivity (Wildman–Crippen MR) is 61.5 cm³/mol. The first-order valence-corrected chi connectivity index (χ1v) is 5.23. The zero-order chi connectivity index (χ0) is 12.4. The van der Waals surface area contributed by atoms with E-state index in [4.69, 9.17) is 9.47 Å². The molecule has 5 nitrogen and oxygen atoms in total. The van der Waals surface area contributed by atoms with E-state index < -0.39 is 5.91 Å². The second kappa shape index (κ2) is 4.45. The maximum Gasteiger partial charge on any atom is 0.294 e. The van der Waals surface area contributed by atoms with Crippen LogP contribution in [0.2, 0.25) is 0 Å². The third kappa shape index (κ3) is 2.08. The van der Waals surface area contributed by atoms with Crippen molar-refractivity contribution >= 4 is 17.4 Å². The van der Waals surface area contributed by atoms with Crippen LogP contribution in [0.15, 0.2) is 18.2 Å². The third-order valence-electron chi connectivity index (χ3n) is 2.69. The molecule has 0 spiro atoms. The highest BCUT2D eigenvalue weighted by Crippen LogP contribution is 2.30. The summed E-state index contributed by atoms with van der Waals surface area (Å²) in [6, 6.07) is 5.13. The maximum absolute atomic E-state index is 11.6. The van der Waals surface area contributed by atoms with Crippen LogP contribution in [-0.4, -0.2) is 32.5 Å². The van der Waals surface area contributed by atoms with E-state index in [1.807, 2.05) is 0 Å². The first-order chi connectivity index (χ1) is 8.15. The SMILES string of the molecule is COc1cc(OC)cc(N2CCC(=O)C2=O)c1. The van der Waals surface area contributed by atoms with Crippen LogP contribution in [0, 0.1) is 0 Å². The standard InChI is InChI=1S/C12H13NO4/c1-16-9-5-8(6-10(7-9)17-2)13-4-3-11(14)12(13)15/h5-7H,3-4H2,1-2H3. The highest BCUT2D eigenvalue weighted by atomic mass is 16.5. The number of hydrogen-bond donors (Lipinski definition) is 0.